The summed E-state index contributed by atoms with van der Waals surface area (Å²) in [5, 5.41) is 26.3. The van der Waals surface area contributed by atoms with E-state index in [4.69, 9.17) is 15.3 Å². The highest BCUT2D eigenvalue weighted by molar-refractivity contribution is 6.02. The number of hydrogen-bond donors (Lipinski definition) is 3. The molecule has 0 aliphatic rings. The van der Waals surface area contributed by atoms with Crippen molar-refractivity contribution in [3.63, 3.8) is 0 Å². The van der Waals surface area contributed by atoms with Gasteiger partial charge in [-0.2, -0.15) is 0 Å². The largest absolute Gasteiger partial charge is 0.481 e. The van der Waals surface area contributed by atoms with Gasteiger partial charge in [-0.3, -0.25) is 4.79 Å². The van der Waals surface area contributed by atoms with E-state index in [1.165, 1.54) is 18.2 Å². The van der Waals surface area contributed by atoms with E-state index in [-0.39, 0.29) is 29.5 Å². The summed E-state index contributed by atoms with van der Waals surface area (Å²) >= 11 is 0. The monoisotopic (exact) mass is 238 g/mol. The van der Waals surface area contributed by atoms with Crippen LogP contribution in [0, 0.1) is 0 Å². The molecule has 0 aromatic heterocycles. The molecule has 1 aromatic rings. The summed E-state index contributed by atoms with van der Waals surface area (Å²) in [5.41, 5.74) is -0.471. The van der Waals surface area contributed by atoms with Gasteiger partial charge in [0.2, 0.25) is 0 Å². The van der Waals surface area contributed by atoms with Gasteiger partial charge >= 0.3 is 17.9 Å². The van der Waals surface area contributed by atoms with Crippen LogP contribution in [0.3, 0.4) is 0 Å². The number of aliphatic carboxylic acids is 1. The first-order chi connectivity index (χ1) is 7.93. The maximum atomic E-state index is 11.0. The van der Waals surface area contributed by atoms with Crippen molar-refractivity contribution in [3.8, 4) is 0 Å². The molecule has 0 atom stereocenters. The van der Waals surface area contributed by atoms with E-state index in [1.54, 1.807) is 0 Å². The summed E-state index contributed by atoms with van der Waals surface area (Å²) in [5.74, 6) is -3.79. The lowest BCUT2D eigenvalue weighted by Crippen LogP contribution is -2.12. The highest BCUT2D eigenvalue weighted by Crippen LogP contribution is 2.17. The summed E-state index contributed by atoms with van der Waals surface area (Å²) in [4.78, 5) is 32.2. The molecule has 1 aromatic carbocycles. The third kappa shape index (κ3) is 3.04. The predicted octanol–water partition coefficient (Wildman–Crippen LogP) is 1.10. The van der Waals surface area contributed by atoms with Crippen LogP contribution < -0.4 is 0 Å². The van der Waals surface area contributed by atoms with Gasteiger partial charge in [-0.1, -0.05) is 12.1 Å². The number of hydrogen-bond acceptors (Lipinski definition) is 3. The minimum absolute atomic E-state index is 0.0158. The van der Waals surface area contributed by atoms with Crippen LogP contribution in [0.4, 0.5) is 0 Å². The van der Waals surface area contributed by atoms with Crippen molar-refractivity contribution in [2.75, 3.05) is 0 Å². The molecule has 3 N–H and O–H groups in total. The van der Waals surface area contributed by atoms with Crippen molar-refractivity contribution < 1.29 is 29.7 Å². The molecule has 0 radical (unpaired) electrons. The van der Waals surface area contributed by atoms with E-state index in [9.17, 15) is 14.4 Å². The van der Waals surface area contributed by atoms with Gasteiger partial charge in [-0.05, 0) is 18.1 Å². The molecule has 0 unspecified atom stereocenters. The minimum atomic E-state index is -1.37. The van der Waals surface area contributed by atoms with Crippen LogP contribution in [-0.2, 0) is 11.2 Å². The summed E-state index contributed by atoms with van der Waals surface area (Å²) < 4.78 is 0. The maximum Gasteiger partial charge on any atom is 0.336 e. The van der Waals surface area contributed by atoms with Gasteiger partial charge in [0.15, 0.2) is 0 Å². The third-order valence-electron chi connectivity index (χ3n) is 2.20. The Bertz CT molecular complexity index is 477. The summed E-state index contributed by atoms with van der Waals surface area (Å²) in [6.07, 6.45) is -0.262. The molecule has 0 saturated carbocycles. The lowest BCUT2D eigenvalue weighted by atomic mass is 9.97. The zero-order valence-corrected chi connectivity index (χ0v) is 8.71. The van der Waals surface area contributed by atoms with Crippen LogP contribution in [0.2, 0.25) is 0 Å². The Morgan fingerprint density at radius 2 is 1.65 bits per heavy atom. The zero-order valence-electron chi connectivity index (χ0n) is 8.71. The first-order valence-corrected chi connectivity index (χ1v) is 4.73. The molecule has 0 bridgehead atoms. The van der Waals surface area contributed by atoms with Gasteiger partial charge in [0.1, 0.15) is 0 Å². The van der Waals surface area contributed by atoms with Crippen LogP contribution in [0.25, 0.3) is 0 Å². The average Bonchev–Trinajstić information content (AvgIpc) is 2.25. The zero-order chi connectivity index (χ0) is 13.0. The number of carboxylic acid groups (broad SMARTS) is 3. The number of aryl methyl sites for hydroxylation is 1. The van der Waals surface area contributed by atoms with Crippen LogP contribution >= 0.6 is 0 Å². The van der Waals surface area contributed by atoms with E-state index >= 15 is 0 Å². The Balaban J connectivity index is 3.20. The molecule has 0 amide bonds. The van der Waals surface area contributed by atoms with Crippen molar-refractivity contribution >= 4 is 17.9 Å². The van der Waals surface area contributed by atoms with Gasteiger partial charge in [0.25, 0.3) is 0 Å². The van der Waals surface area contributed by atoms with Crippen molar-refractivity contribution in [2.45, 2.75) is 12.8 Å². The van der Waals surface area contributed by atoms with Crippen LogP contribution in [0.5, 0.6) is 0 Å². The summed E-state index contributed by atoms with van der Waals surface area (Å²) in [7, 11) is 0. The molecule has 6 nitrogen and oxygen atoms in total. The fourth-order valence-electron chi connectivity index (χ4n) is 1.48. The fourth-order valence-corrected chi connectivity index (χ4v) is 1.48. The Kier molecular flexibility index (Phi) is 3.82. The number of carboxylic acids is 3. The summed E-state index contributed by atoms with van der Waals surface area (Å²) in [6.45, 7) is 0. The average molecular weight is 238 g/mol. The highest BCUT2D eigenvalue weighted by atomic mass is 16.4. The Labute approximate surface area is 96.1 Å². The Morgan fingerprint density at radius 1 is 1.00 bits per heavy atom. The van der Waals surface area contributed by atoms with E-state index in [1.807, 2.05) is 0 Å². The Morgan fingerprint density at radius 3 is 2.12 bits per heavy atom. The first kappa shape index (κ1) is 12.7. The molecule has 0 heterocycles. The predicted molar refractivity (Wildman–Crippen MR) is 56.3 cm³/mol. The second-order valence-corrected chi connectivity index (χ2v) is 3.34. The standard InChI is InChI=1S/C11H10O6/c12-8(13)5-4-6-2-1-3-7(10(14)15)9(6)11(16)17/h1-3H,4-5H2,(H,12,13)(H,14,15)(H,16,17). The van der Waals surface area contributed by atoms with Crippen molar-refractivity contribution in [3.05, 3.63) is 34.9 Å². The number of rotatable bonds is 5. The van der Waals surface area contributed by atoms with Gasteiger partial charge < -0.3 is 15.3 Å². The second-order valence-electron chi connectivity index (χ2n) is 3.34. The normalized spacial score (nSPS) is 9.88. The SMILES string of the molecule is O=C(O)CCc1cccc(C(=O)O)c1C(=O)O. The van der Waals surface area contributed by atoms with Crippen LogP contribution in [0.15, 0.2) is 18.2 Å². The van der Waals surface area contributed by atoms with Crippen molar-refractivity contribution in [2.24, 2.45) is 0 Å². The molecule has 17 heavy (non-hydrogen) atoms. The number of carbonyl (C=O) groups is 3. The lowest BCUT2D eigenvalue weighted by molar-refractivity contribution is -0.136. The molecule has 0 aliphatic carbocycles. The molecule has 0 saturated heterocycles. The maximum absolute atomic E-state index is 11.0. The highest BCUT2D eigenvalue weighted by Gasteiger charge is 2.19. The smallest absolute Gasteiger partial charge is 0.336 e. The van der Waals surface area contributed by atoms with Gasteiger partial charge in [-0.25, -0.2) is 9.59 Å². The minimum Gasteiger partial charge on any atom is -0.481 e. The molecule has 90 valence electrons. The molecule has 0 fully saturated rings. The second kappa shape index (κ2) is 5.11. The molecule has 0 aliphatic heterocycles. The van der Waals surface area contributed by atoms with Crippen molar-refractivity contribution in [1.82, 2.24) is 0 Å². The van der Waals surface area contributed by atoms with E-state index < -0.39 is 17.9 Å². The van der Waals surface area contributed by atoms with Crippen LogP contribution in [-0.4, -0.2) is 33.2 Å². The van der Waals surface area contributed by atoms with Crippen LogP contribution in [0.1, 0.15) is 32.7 Å². The Hall–Kier alpha value is -2.37. The summed E-state index contributed by atoms with van der Waals surface area (Å²) in [6, 6.07) is 3.99. The van der Waals surface area contributed by atoms with Gasteiger partial charge in [0.05, 0.1) is 11.1 Å². The first-order valence-electron chi connectivity index (χ1n) is 4.73. The van der Waals surface area contributed by atoms with E-state index in [2.05, 4.69) is 0 Å². The molecular formula is C11H10O6. The number of aromatic carboxylic acids is 2. The molecular weight excluding hydrogens is 228 g/mol. The fraction of sp³-hybridized carbons (Fsp3) is 0.182. The molecule has 1 rings (SSSR count). The third-order valence-corrected chi connectivity index (χ3v) is 2.20. The van der Waals surface area contributed by atoms with Gasteiger partial charge in [0, 0.05) is 6.42 Å². The van der Waals surface area contributed by atoms with E-state index in [0.717, 1.165) is 0 Å². The lowest BCUT2D eigenvalue weighted by Gasteiger charge is -2.07. The van der Waals surface area contributed by atoms with Crippen molar-refractivity contribution in [1.29, 1.82) is 0 Å². The molecule has 6 heteroatoms. The van der Waals surface area contributed by atoms with E-state index in [0.29, 0.717) is 0 Å². The van der Waals surface area contributed by atoms with Gasteiger partial charge in [-0.15, -0.1) is 0 Å². The molecule has 0 spiro atoms. The topological polar surface area (TPSA) is 112 Å². The quantitative estimate of drug-likeness (QED) is 0.708. The number of benzene rings is 1.